The van der Waals surface area contributed by atoms with E-state index >= 15 is 0 Å². The van der Waals surface area contributed by atoms with Gasteiger partial charge in [-0.1, -0.05) is 12.1 Å². The van der Waals surface area contributed by atoms with Crippen LogP contribution in [0.4, 0.5) is 4.39 Å². The van der Waals surface area contributed by atoms with Crippen molar-refractivity contribution in [1.82, 2.24) is 5.32 Å². The van der Waals surface area contributed by atoms with Gasteiger partial charge < -0.3 is 14.8 Å². The van der Waals surface area contributed by atoms with E-state index < -0.39 is 0 Å². The molecule has 0 radical (unpaired) electrons. The smallest absolute Gasteiger partial charge is 0.332 e. The molecule has 1 N–H and O–H groups in total. The second kappa shape index (κ2) is 9.47. The van der Waals surface area contributed by atoms with Crippen molar-refractivity contribution in [2.45, 2.75) is 13.3 Å². The zero-order chi connectivity index (χ0) is 13.9. The first-order valence-electron chi connectivity index (χ1n) is 6.41. The van der Waals surface area contributed by atoms with Crippen LogP contribution in [0.1, 0.15) is 12.5 Å². The maximum Gasteiger partial charge on any atom is 0.332 e. The Morgan fingerprint density at radius 1 is 1.37 bits per heavy atom. The molecular weight excluding hydrogens is 249 g/mol. The maximum absolute atomic E-state index is 12.9. The molecule has 0 fully saturated rings. The summed E-state index contributed by atoms with van der Waals surface area (Å²) in [6, 6.07) is 6.55. The fourth-order valence-electron chi connectivity index (χ4n) is 1.55. The Labute approximate surface area is 112 Å². The molecule has 5 heteroatoms. The van der Waals surface area contributed by atoms with Crippen LogP contribution < -0.4 is 5.32 Å². The van der Waals surface area contributed by atoms with Gasteiger partial charge in [0.15, 0.2) is 0 Å². The molecule has 0 aliphatic carbocycles. The number of carbonyl (C=O) groups is 1. The van der Waals surface area contributed by atoms with Crippen molar-refractivity contribution in [2.24, 2.45) is 0 Å². The Kier molecular flexibility index (Phi) is 7.77. The topological polar surface area (TPSA) is 47.6 Å². The average Bonchev–Trinajstić information content (AvgIpc) is 2.38. The summed E-state index contributed by atoms with van der Waals surface area (Å²) in [5.41, 5.74) is 0.958. The van der Waals surface area contributed by atoms with Crippen LogP contribution in [0.15, 0.2) is 24.3 Å². The number of hydrogen-bond acceptors (Lipinski definition) is 4. The average molecular weight is 269 g/mol. The molecule has 0 spiro atoms. The quantitative estimate of drug-likeness (QED) is 0.545. The summed E-state index contributed by atoms with van der Waals surface area (Å²) in [7, 11) is 0. The molecule has 0 bridgehead atoms. The first-order valence-corrected chi connectivity index (χ1v) is 6.41. The zero-order valence-corrected chi connectivity index (χ0v) is 11.2. The predicted octanol–water partition coefficient (Wildman–Crippen LogP) is 1.54. The lowest BCUT2D eigenvalue weighted by molar-refractivity contribution is -0.148. The summed E-state index contributed by atoms with van der Waals surface area (Å²) in [6.45, 7) is 3.95. The molecule has 0 heterocycles. The van der Waals surface area contributed by atoms with Gasteiger partial charge in [0.05, 0.1) is 13.2 Å². The molecule has 0 aliphatic rings. The van der Waals surface area contributed by atoms with E-state index in [2.05, 4.69) is 5.32 Å². The molecule has 0 saturated heterocycles. The predicted molar refractivity (Wildman–Crippen MR) is 70.4 cm³/mol. The lowest BCUT2D eigenvalue weighted by atomic mass is 10.1. The van der Waals surface area contributed by atoms with Crippen LogP contribution in [0.3, 0.4) is 0 Å². The molecule has 1 rings (SSSR count). The van der Waals surface area contributed by atoms with Crippen LogP contribution in [0.2, 0.25) is 0 Å². The number of carbonyl (C=O) groups excluding carboxylic acids is 1. The third-order valence-corrected chi connectivity index (χ3v) is 2.43. The summed E-state index contributed by atoms with van der Waals surface area (Å²) in [6.07, 6.45) is 0.760. The molecule has 4 nitrogen and oxygen atoms in total. The fraction of sp³-hybridized carbons (Fsp3) is 0.500. The first-order chi connectivity index (χ1) is 9.22. The number of esters is 1. The highest BCUT2D eigenvalue weighted by Crippen LogP contribution is 2.03. The van der Waals surface area contributed by atoms with E-state index in [9.17, 15) is 9.18 Å². The van der Waals surface area contributed by atoms with Gasteiger partial charge >= 0.3 is 5.97 Å². The number of halogens is 1. The number of hydrogen-bond donors (Lipinski definition) is 1. The van der Waals surface area contributed by atoms with Crippen molar-refractivity contribution in [3.8, 4) is 0 Å². The standard InChI is InChI=1S/C14H20FNO3/c1-2-19-14(17)11-18-9-8-16-7-6-12-4-3-5-13(15)10-12/h3-5,10,16H,2,6-9,11H2,1H3. The van der Waals surface area contributed by atoms with Crippen LogP contribution in [-0.4, -0.2) is 38.9 Å². The number of rotatable bonds is 9. The molecule has 0 saturated carbocycles. The highest BCUT2D eigenvalue weighted by atomic mass is 19.1. The van der Waals surface area contributed by atoms with Crippen LogP contribution in [0, 0.1) is 5.82 Å². The SMILES string of the molecule is CCOC(=O)COCCNCCc1cccc(F)c1. The fourth-order valence-corrected chi connectivity index (χ4v) is 1.55. The first kappa shape index (κ1) is 15.6. The van der Waals surface area contributed by atoms with E-state index in [-0.39, 0.29) is 18.4 Å². The molecule has 0 amide bonds. The number of nitrogens with one attached hydrogen (secondary N) is 1. The summed E-state index contributed by atoms with van der Waals surface area (Å²) in [5.74, 6) is -0.558. The van der Waals surface area contributed by atoms with Gasteiger partial charge in [-0.15, -0.1) is 0 Å². The summed E-state index contributed by atoms with van der Waals surface area (Å²) in [4.78, 5) is 10.9. The Morgan fingerprint density at radius 3 is 2.95 bits per heavy atom. The van der Waals surface area contributed by atoms with E-state index in [1.165, 1.54) is 12.1 Å². The molecule has 1 aromatic carbocycles. The van der Waals surface area contributed by atoms with Crippen molar-refractivity contribution in [3.05, 3.63) is 35.6 Å². The molecule has 0 aromatic heterocycles. The van der Waals surface area contributed by atoms with Gasteiger partial charge in [0.2, 0.25) is 0 Å². The van der Waals surface area contributed by atoms with Gasteiger partial charge in [0, 0.05) is 6.54 Å². The lowest BCUT2D eigenvalue weighted by Gasteiger charge is -2.06. The highest BCUT2D eigenvalue weighted by Gasteiger charge is 2.00. The zero-order valence-electron chi connectivity index (χ0n) is 11.2. The minimum absolute atomic E-state index is 0.0145. The summed E-state index contributed by atoms with van der Waals surface area (Å²) in [5, 5.41) is 3.16. The second-order valence-electron chi connectivity index (χ2n) is 3.99. The third kappa shape index (κ3) is 7.54. The van der Waals surface area contributed by atoms with Gasteiger partial charge in [-0.05, 0) is 37.6 Å². The Bertz CT molecular complexity index is 385. The summed E-state index contributed by atoms with van der Waals surface area (Å²) < 4.78 is 22.7. The Hall–Kier alpha value is -1.46. The van der Waals surface area contributed by atoms with Gasteiger partial charge in [-0.2, -0.15) is 0 Å². The van der Waals surface area contributed by atoms with E-state index in [0.29, 0.717) is 19.8 Å². The van der Waals surface area contributed by atoms with Crippen LogP contribution in [0.25, 0.3) is 0 Å². The largest absolute Gasteiger partial charge is 0.464 e. The van der Waals surface area contributed by atoms with Crippen LogP contribution in [-0.2, 0) is 20.7 Å². The Morgan fingerprint density at radius 2 is 2.21 bits per heavy atom. The monoisotopic (exact) mass is 269 g/mol. The molecular formula is C14H20FNO3. The van der Waals surface area contributed by atoms with Crippen molar-refractivity contribution < 1.29 is 18.7 Å². The summed E-state index contributed by atoms with van der Waals surface area (Å²) >= 11 is 0. The van der Waals surface area contributed by atoms with Crippen molar-refractivity contribution in [3.63, 3.8) is 0 Å². The second-order valence-corrected chi connectivity index (χ2v) is 3.99. The van der Waals surface area contributed by atoms with Crippen LogP contribution in [0.5, 0.6) is 0 Å². The van der Waals surface area contributed by atoms with Crippen LogP contribution >= 0.6 is 0 Å². The van der Waals surface area contributed by atoms with E-state index in [4.69, 9.17) is 9.47 Å². The normalized spacial score (nSPS) is 10.4. The minimum Gasteiger partial charge on any atom is -0.464 e. The molecule has 0 unspecified atom stereocenters. The highest BCUT2D eigenvalue weighted by molar-refractivity contribution is 5.70. The van der Waals surface area contributed by atoms with Crippen molar-refractivity contribution in [2.75, 3.05) is 32.9 Å². The number of ether oxygens (including phenoxy) is 2. The third-order valence-electron chi connectivity index (χ3n) is 2.43. The van der Waals surface area contributed by atoms with Crippen molar-refractivity contribution >= 4 is 5.97 Å². The molecule has 106 valence electrons. The van der Waals surface area contributed by atoms with Gasteiger partial charge in [-0.25, -0.2) is 9.18 Å². The minimum atomic E-state index is -0.345. The van der Waals surface area contributed by atoms with Gasteiger partial charge in [0.25, 0.3) is 0 Å². The van der Waals surface area contributed by atoms with E-state index in [1.807, 2.05) is 6.07 Å². The van der Waals surface area contributed by atoms with E-state index in [1.54, 1.807) is 13.0 Å². The molecule has 0 atom stereocenters. The maximum atomic E-state index is 12.9. The lowest BCUT2D eigenvalue weighted by Crippen LogP contribution is -2.24. The molecule has 1 aromatic rings. The molecule has 0 aliphatic heterocycles. The number of benzene rings is 1. The van der Waals surface area contributed by atoms with Gasteiger partial charge in [0.1, 0.15) is 12.4 Å². The Balaban J connectivity index is 1.98. The van der Waals surface area contributed by atoms with E-state index in [0.717, 1.165) is 18.5 Å². The molecule has 19 heavy (non-hydrogen) atoms. The van der Waals surface area contributed by atoms with Crippen molar-refractivity contribution in [1.29, 1.82) is 0 Å². The van der Waals surface area contributed by atoms with Gasteiger partial charge in [-0.3, -0.25) is 0 Å².